The van der Waals surface area contributed by atoms with Crippen molar-refractivity contribution in [3.05, 3.63) is 66.4 Å². The molecule has 0 spiro atoms. The average molecular weight is 342 g/mol. The summed E-state index contributed by atoms with van der Waals surface area (Å²) in [5, 5.41) is 9.74. The van der Waals surface area contributed by atoms with Crippen molar-refractivity contribution in [2.75, 3.05) is 6.54 Å². The first-order valence-corrected chi connectivity index (χ1v) is 9.01. The van der Waals surface area contributed by atoms with Gasteiger partial charge < -0.3 is 5.73 Å². The molecular formula is C17H18N4O2S. The Morgan fingerprint density at radius 3 is 2.25 bits per heavy atom. The summed E-state index contributed by atoms with van der Waals surface area (Å²) < 4.78 is 24.6. The van der Waals surface area contributed by atoms with E-state index in [0.717, 1.165) is 22.6 Å². The van der Waals surface area contributed by atoms with E-state index in [1.807, 2.05) is 36.4 Å². The molecule has 0 fully saturated rings. The molecule has 6 nitrogen and oxygen atoms in total. The molecule has 0 radical (unpaired) electrons. The van der Waals surface area contributed by atoms with Crippen molar-refractivity contribution in [1.82, 2.24) is 9.78 Å². The monoisotopic (exact) mass is 342 g/mol. The summed E-state index contributed by atoms with van der Waals surface area (Å²) in [6.45, 7) is 0.510. The van der Waals surface area contributed by atoms with E-state index in [1.54, 1.807) is 16.8 Å². The second kappa shape index (κ2) is 6.56. The number of rotatable bonds is 5. The zero-order valence-electron chi connectivity index (χ0n) is 13.0. The summed E-state index contributed by atoms with van der Waals surface area (Å²) in [6.07, 6.45) is 0.669. The Morgan fingerprint density at radius 1 is 1.00 bits per heavy atom. The fraction of sp³-hybridized carbons (Fsp3) is 0.118. The highest BCUT2D eigenvalue weighted by Gasteiger charge is 2.13. The van der Waals surface area contributed by atoms with E-state index in [4.69, 9.17) is 10.9 Å². The Hall–Kier alpha value is -2.48. The molecule has 1 aromatic heterocycles. The van der Waals surface area contributed by atoms with Crippen molar-refractivity contribution in [2.45, 2.75) is 11.3 Å². The van der Waals surface area contributed by atoms with Crippen LogP contribution in [-0.4, -0.2) is 24.7 Å². The Labute approximate surface area is 140 Å². The van der Waals surface area contributed by atoms with Gasteiger partial charge in [0.2, 0.25) is 10.0 Å². The highest BCUT2D eigenvalue weighted by molar-refractivity contribution is 7.89. The van der Waals surface area contributed by atoms with E-state index in [1.165, 1.54) is 12.1 Å². The fourth-order valence-electron chi connectivity index (χ4n) is 2.49. The molecule has 0 aliphatic carbocycles. The maximum atomic E-state index is 11.4. The van der Waals surface area contributed by atoms with Gasteiger partial charge in [-0.3, -0.25) is 0 Å². The molecule has 3 aromatic rings. The Balaban J connectivity index is 2.09. The van der Waals surface area contributed by atoms with Crippen LogP contribution in [0.1, 0.15) is 5.69 Å². The lowest BCUT2D eigenvalue weighted by molar-refractivity contribution is 0.598. The van der Waals surface area contributed by atoms with Crippen molar-refractivity contribution in [3.63, 3.8) is 0 Å². The molecule has 2 aromatic carbocycles. The molecule has 0 bridgehead atoms. The SMILES string of the molecule is NCCc1cc(-c2ccccc2)n(-c2ccc(S(N)(=O)=O)cc2)n1. The van der Waals surface area contributed by atoms with Crippen LogP contribution in [0.5, 0.6) is 0 Å². The maximum Gasteiger partial charge on any atom is 0.238 e. The van der Waals surface area contributed by atoms with Crippen LogP contribution in [0.25, 0.3) is 16.9 Å². The smallest absolute Gasteiger partial charge is 0.238 e. The number of primary sulfonamides is 1. The molecule has 1 heterocycles. The van der Waals surface area contributed by atoms with Crippen LogP contribution in [0.15, 0.2) is 65.6 Å². The number of hydrogen-bond donors (Lipinski definition) is 2. The summed E-state index contributed by atoms with van der Waals surface area (Å²) in [6, 6.07) is 18.2. The first kappa shape index (κ1) is 16.4. The molecule has 0 saturated carbocycles. The van der Waals surface area contributed by atoms with Gasteiger partial charge in [0.1, 0.15) is 0 Å². The van der Waals surface area contributed by atoms with Gasteiger partial charge in [-0.25, -0.2) is 18.2 Å². The number of hydrogen-bond acceptors (Lipinski definition) is 4. The molecule has 3 rings (SSSR count). The van der Waals surface area contributed by atoms with Gasteiger partial charge in [-0.15, -0.1) is 0 Å². The highest BCUT2D eigenvalue weighted by Crippen LogP contribution is 2.24. The lowest BCUT2D eigenvalue weighted by atomic mass is 10.1. The third-order valence-electron chi connectivity index (χ3n) is 3.64. The Bertz CT molecular complexity index is 932. The maximum absolute atomic E-state index is 11.4. The third kappa shape index (κ3) is 3.38. The van der Waals surface area contributed by atoms with E-state index in [9.17, 15) is 8.42 Å². The summed E-state index contributed by atoms with van der Waals surface area (Å²) in [4.78, 5) is 0.0712. The van der Waals surface area contributed by atoms with Gasteiger partial charge in [0.25, 0.3) is 0 Å². The first-order chi connectivity index (χ1) is 11.5. The summed E-state index contributed by atoms with van der Waals surface area (Å²) in [5.41, 5.74) is 9.21. The molecule has 4 N–H and O–H groups in total. The van der Waals surface area contributed by atoms with Crippen molar-refractivity contribution in [2.24, 2.45) is 10.9 Å². The standard InChI is InChI=1S/C17H18N4O2S/c18-11-10-14-12-17(13-4-2-1-3-5-13)21(20-14)15-6-8-16(9-7-15)24(19,22)23/h1-9,12H,10-11,18H2,(H2,19,22,23). The second-order valence-corrected chi connectivity index (χ2v) is 6.94. The number of nitrogens with zero attached hydrogens (tertiary/aromatic N) is 2. The zero-order valence-corrected chi connectivity index (χ0v) is 13.8. The minimum absolute atomic E-state index is 0.0712. The van der Waals surface area contributed by atoms with Gasteiger partial charge in [0, 0.05) is 12.0 Å². The van der Waals surface area contributed by atoms with E-state index in [-0.39, 0.29) is 4.90 Å². The minimum Gasteiger partial charge on any atom is -0.330 e. The third-order valence-corrected chi connectivity index (χ3v) is 4.57. The normalized spacial score (nSPS) is 11.6. The van der Waals surface area contributed by atoms with Crippen LogP contribution in [0, 0.1) is 0 Å². The molecule has 0 saturated heterocycles. The number of aromatic nitrogens is 2. The molecule has 0 atom stereocenters. The molecule has 124 valence electrons. The average Bonchev–Trinajstić information content (AvgIpc) is 2.99. The summed E-state index contributed by atoms with van der Waals surface area (Å²) in [7, 11) is -3.71. The molecule has 0 aliphatic rings. The summed E-state index contributed by atoms with van der Waals surface area (Å²) >= 11 is 0. The van der Waals surface area contributed by atoms with Crippen LogP contribution in [0.4, 0.5) is 0 Å². The number of benzene rings is 2. The van der Waals surface area contributed by atoms with Gasteiger partial charge in [0.15, 0.2) is 0 Å². The van der Waals surface area contributed by atoms with Crippen LogP contribution in [0.2, 0.25) is 0 Å². The van der Waals surface area contributed by atoms with Gasteiger partial charge in [-0.2, -0.15) is 5.10 Å². The van der Waals surface area contributed by atoms with E-state index in [0.29, 0.717) is 13.0 Å². The fourth-order valence-corrected chi connectivity index (χ4v) is 3.00. The topological polar surface area (TPSA) is 104 Å². The van der Waals surface area contributed by atoms with E-state index >= 15 is 0 Å². The highest BCUT2D eigenvalue weighted by atomic mass is 32.2. The molecule has 7 heteroatoms. The molecule has 0 unspecified atom stereocenters. The van der Waals surface area contributed by atoms with E-state index < -0.39 is 10.0 Å². The van der Waals surface area contributed by atoms with Gasteiger partial charge in [-0.1, -0.05) is 30.3 Å². The molecule has 24 heavy (non-hydrogen) atoms. The van der Waals surface area contributed by atoms with Crippen LogP contribution < -0.4 is 10.9 Å². The molecule has 0 amide bonds. The van der Waals surface area contributed by atoms with Crippen LogP contribution in [0.3, 0.4) is 0 Å². The quantitative estimate of drug-likeness (QED) is 0.736. The number of nitrogens with two attached hydrogens (primary N) is 2. The second-order valence-electron chi connectivity index (χ2n) is 5.38. The predicted octanol–water partition coefficient (Wildman–Crippen LogP) is 1.69. The van der Waals surface area contributed by atoms with Crippen molar-refractivity contribution in [3.8, 4) is 16.9 Å². The Morgan fingerprint density at radius 2 is 1.67 bits per heavy atom. The molecule has 0 aliphatic heterocycles. The van der Waals surface area contributed by atoms with Gasteiger partial charge in [-0.05, 0) is 36.9 Å². The predicted molar refractivity (Wildman–Crippen MR) is 93.1 cm³/mol. The zero-order chi connectivity index (χ0) is 17.2. The van der Waals surface area contributed by atoms with Gasteiger partial charge >= 0.3 is 0 Å². The van der Waals surface area contributed by atoms with Gasteiger partial charge in [0.05, 0.1) is 22.0 Å². The van der Waals surface area contributed by atoms with Crippen molar-refractivity contribution >= 4 is 10.0 Å². The minimum atomic E-state index is -3.71. The van der Waals surface area contributed by atoms with Crippen LogP contribution >= 0.6 is 0 Å². The van der Waals surface area contributed by atoms with E-state index in [2.05, 4.69) is 5.10 Å². The first-order valence-electron chi connectivity index (χ1n) is 7.47. The van der Waals surface area contributed by atoms with Crippen molar-refractivity contribution in [1.29, 1.82) is 0 Å². The van der Waals surface area contributed by atoms with Crippen molar-refractivity contribution < 1.29 is 8.42 Å². The lowest BCUT2D eigenvalue weighted by Crippen LogP contribution is -2.12. The Kier molecular flexibility index (Phi) is 4.48. The molecular weight excluding hydrogens is 324 g/mol. The van der Waals surface area contributed by atoms with Crippen LogP contribution in [-0.2, 0) is 16.4 Å². The lowest BCUT2D eigenvalue weighted by Gasteiger charge is -2.08. The summed E-state index contributed by atoms with van der Waals surface area (Å²) in [5.74, 6) is 0. The largest absolute Gasteiger partial charge is 0.330 e. The number of sulfonamides is 1.